The maximum absolute atomic E-state index is 13.1. The van der Waals surface area contributed by atoms with E-state index >= 15 is 0 Å². The second-order valence-corrected chi connectivity index (χ2v) is 6.97. The fourth-order valence-corrected chi connectivity index (χ4v) is 3.36. The molecule has 2 aromatic carbocycles. The van der Waals surface area contributed by atoms with Gasteiger partial charge in [0.1, 0.15) is 0 Å². The van der Waals surface area contributed by atoms with Crippen LogP contribution in [0.15, 0.2) is 48.5 Å². The zero-order valence-corrected chi connectivity index (χ0v) is 15.9. The lowest BCUT2D eigenvalue weighted by Gasteiger charge is -2.22. The number of nitrogens with zero attached hydrogens (tertiary/aromatic N) is 2. The molecule has 0 bridgehead atoms. The molecule has 1 aliphatic rings. The van der Waals surface area contributed by atoms with Gasteiger partial charge in [-0.05, 0) is 36.8 Å². The highest BCUT2D eigenvalue weighted by atomic mass is 35.5. The highest BCUT2D eigenvalue weighted by Gasteiger charge is 2.25. The van der Waals surface area contributed by atoms with Gasteiger partial charge in [0, 0.05) is 49.3 Å². The number of carbonyl (C=O) groups is 3. The van der Waals surface area contributed by atoms with E-state index in [4.69, 9.17) is 11.6 Å². The maximum Gasteiger partial charge on any atom is 0.254 e. The summed E-state index contributed by atoms with van der Waals surface area (Å²) in [6.45, 7) is 3.71. The van der Waals surface area contributed by atoms with Crippen LogP contribution in [0.2, 0.25) is 5.02 Å². The second kappa shape index (κ2) is 8.35. The summed E-state index contributed by atoms with van der Waals surface area (Å²) in [6.07, 6.45) is 0.721. The van der Waals surface area contributed by atoms with E-state index in [9.17, 15) is 14.4 Å². The molecular formula is C21H21ClN2O3. The van der Waals surface area contributed by atoms with E-state index in [-0.39, 0.29) is 17.6 Å². The fourth-order valence-electron chi connectivity index (χ4n) is 3.23. The first-order valence-electron chi connectivity index (χ1n) is 8.91. The largest absolute Gasteiger partial charge is 0.341 e. The average molecular weight is 385 g/mol. The van der Waals surface area contributed by atoms with E-state index in [0.29, 0.717) is 47.9 Å². The molecule has 140 valence electrons. The van der Waals surface area contributed by atoms with Crippen molar-refractivity contribution in [2.75, 3.05) is 26.2 Å². The molecule has 1 heterocycles. The van der Waals surface area contributed by atoms with E-state index in [1.807, 2.05) is 0 Å². The van der Waals surface area contributed by atoms with Crippen LogP contribution < -0.4 is 0 Å². The Morgan fingerprint density at radius 2 is 1.41 bits per heavy atom. The van der Waals surface area contributed by atoms with Gasteiger partial charge in [-0.3, -0.25) is 14.4 Å². The van der Waals surface area contributed by atoms with Crippen LogP contribution >= 0.6 is 11.6 Å². The van der Waals surface area contributed by atoms with Crippen LogP contribution in [0, 0.1) is 0 Å². The van der Waals surface area contributed by atoms with Crippen molar-refractivity contribution < 1.29 is 14.4 Å². The molecule has 2 amide bonds. The molecular weight excluding hydrogens is 364 g/mol. The molecule has 2 aromatic rings. The van der Waals surface area contributed by atoms with Gasteiger partial charge in [0.2, 0.25) is 5.91 Å². The van der Waals surface area contributed by atoms with Gasteiger partial charge in [-0.2, -0.15) is 0 Å². The van der Waals surface area contributed by atoms with Gasteiger partial charge < -0.3 is 9.80 Å². The lowest BCUT2D eigenvalue weighted by molar-refractivity contribution is -0.128. The molecule has 0 unspecified atom stereocenters. The fraction of sp³-hybridized carbons (Fsp3) is 0.286. The third kappa shape index (κ3) is 4.37. The molecule has 0 saturated carbocycles. The number of ketones is 1. The van der Waals surface area contributed by atoms with Gasteiger partial charge in [-0.15, -0.1) is 0 Å². The Kier molecular flexibility index (Phi) is 5.91. The normalized spacial score (nSPS) is 14.6. The number of rotatable bonds is 3. The van der Waals surface area contributed by atoms with Crippen molar-refractivity contribution >= 4 is 29.2 Å². The van der Waals surface area contributed by atoms with Crippen LogP contribution in [0.3, 0.4) is 0 Å². The van der Waals surface area contributed by atoms with Crippen LogP contribution in [0.5, 0.6) is 0 Å². The zero-order chi connectivity index (χ0) is 19.4. The molecule has 1 aliphatic heterocycles. The third-order valence-corrected chi connectivity index (χ3v) is 4.99. The van der Waals surface area contributed by atoms with Crippen molar-refractivity contribution in [2.45, 2.75) is 13.3 Å². The summed E-state index contributed by atoms with van der Waals surface area (Å²) in [5, 5.41) is 0.551. The number of amides is 2. The van der Waals surface area contributed by atoms with Crippen molar-refractivity contribution in [1.82, 2.24) is 9.80 Å². The summed E-state index contributed by atoms with van der Waals surface area (Å²) >= 11 is 5.90. The minimum Gasteiger partial charge on any atom is -0.341 e. The van der Waals surface area contributed by atoms with E-state index in [0.717, 1.165) is 6.42 Å². The van der Waals surface area contributed by atoms with Crippen molar-refractivity contribution in [3.8, 4) is 0 Å². The Hall–Kier alpha value is -2.66. The molecule has 6 heteroatoms. The molecule has 0 N–H and O–H groups in total. The number of hydrogen-bond acceptors (Lipinski definition) is 3. The van der Waals surface area contributed by atoms with E-state index in [1.165, 1.54) is 6.92 Å². The summed E-state index contributed by atoms with van der Waals surface area (Å²) in [4.78, 5) is 41.1. The number of carbonyl (C=O) groups excluding carboxylic acids is 3. The average Bonchev–Trinajstić information content (AvgIpc) is 2.94. The Morgan fingerprint density at radius 3 is 2.07 bits per heavy atom. The van der Waals surface area contributed by atoms with Gasteiger partial charge in [0.05, 0.1) is 5.56 Å². The minimum absolute atomic E-state index is 0.0163. The smallest absolute Gasteiger partial charge is 0.254 e. The van der Waals surface area contributed by atoms with Crippen LogP contribution in [0.4, 0.5) is 0 Å². The first-order chi connectivity index (χ1) is 13.0. The van der Waals surface area contributed by atoms with Crippen LogP contribution in [0.1, 0.15) is 39.6 Å². The maximum atomic E-state index is 13.1. The Bertz CT molecular complexity index is 864. The molecule has 5 nitrogen and oxygen atoms in total. The van der Waals surface area contributed by atoms with Crippen LogP contribution in [0.25, 0.3) is 0 Å². The first kappa shape index (κ1) is 19.1. The van der Waals surface area contributed by atoms with E-state index in [2.05, 4.69) is 0 Å². The van der Waals surface area contributed by atoms with E-state index < -0.39 is 0 Å². The molecule has 0 atom stereocenters. The summed E-state index contributed by atoms with van der Waals surface area (Å²) < 4.78 is 0. The molecule has 0 aliphatic carbocycles. The summed E-state index contributed by atoms with van der Waals surface area (Å²) in [7, 11) is 0. The summed E-state index contributed by atoms with van der Waals surface area (Å²) in [5.41, 5.74) is 1.24. The van der Waals surface area contributed by atoms with Crippen molar-refractivity contribution in [1.29, 1.82) is 0 Å². The highest BCUT2D eigenvalue weighted by Crippen LogP contribution is 2.19. The van der Waals surface area contributed by atoms with Gasteiger partial charge in [-0.25, -0.2) is 0 Å². The first-order valence-corrected chi connectivity index (χ1v) is 9.29. The summed E-state index contributed by atoms with van der Waals surface area (Å²) in [5.74, 6) is -0.378. The second-order valence-electron chi connectivity index (χ2n) is 6.53. The van der Waals surface area contributed by atoms with Gasteiger partial charge in [0.25, 0.3) is 5.91 Å². The van der Waals surface area contributed by atoms with E-state index in [1.54, 1.807) is 58.3 Å². The molecule has 1 saturated heterocycles. The lowest BCUT2D eigenvalue weighted by Crippen LogP contribution is -2.37. The van der Waals surface area contributed by atoms with Gasteiger partial charge in [0.15, 0.2) is 5.78 Å². The SMILES string of the molecule is CC(=O)N1CCCN(C(=O)c2ccccc2C(=O)c2ccc(Cl)cc2)CC1. The van der Waals surface area contributed by atoms with Crippen molar-refractivity contribution in [2.24, 2.45) is 0 Å². The Balaban J connectivity index is 1.85. The third-order valence-electron chi connectivity index (χ3n) is 4.74. The van der Waals surface area contributed by atoms with Gasteiger partial charge in [-0.1, -0.05) is 29.8 Å². The predicted molar refractivity (Wildman–Crippen MR) is 104 cm³/mol. The van der Waals surface area contributed by atoms with Gasteiger partial charge >= 0.3 is 0 Å². The Morgan fingerprint density at radius 1 is 0.815 bits per heavy atom. The monoisotopic (exact) mass is 384 g/mol. The molecule has 27 heavy (non-hydrogen) atoms. The van der Waals surface area contributed by atoms with Crippen LogP contribution in [-0.4, -0.2) is 53.6 Å². The zero-order valence-electron chi connectivity index (χ0n) is 15.2. The molecule has 3 rings (SSSR count). The number of halogens is 1. The van der Waals surface area contributed by atoms with Crippen LogP contribution in [-0.2, 0) is 4.79 Å². The number of benzene rings is 2. The predicted octanol–water partition coefficient (Wildman–Crippen LogP) is 3.27. The van der Waals surface area contributed by atoms with Crippen molar-refractivity contribution in [3.63, 3.8) is 0 Å². The topological polar surface area (TPSA) is 57.7 Å². The standard InChI is InChI=1S/C21H21ClN2O3/c1-15(25)23-11-4-12-24(14-13-23)21(27)19-6-3-2-5-18(19)20(26)16-7-9-17(22)10-8-16/h2-3,5-10H,4,11-14H2,1H3. The lowest BCUT2D eigenvalue weighted by atomic mass is 9.97. The minimum atomic E-state index is -0.212. The van der Waals surface area contributed by atoms with Crippen molar-refractivity contribution in [3.05, 3.63) is 70.2 Å². The highest BCUT2D eigenvalue weighted by molar-refractivity contribution is 6.30. The molecule has 0 aromatic heterocycles. The molecule has 1 fully saturated rings. The quantitative estimate of drug-likeness (QED) is 0.763. The molecule has 0 spiro atoms. The molecule has 0 radical (unpaired) electrons. The number of hydrogen-bond donors (Lipinski definition) is 0. The summed E-state index contributed by atoms with van der Waals surface area (Å²) in [6, 6.07) is 13.5. The Labute approximate surface area is 163 Å².